The van der Waals surface area contributed by atoms with Gasteiger partial charge >= 0.3 is 11.9 Å². The summed E-state index contributed by atoms with van der Waals surface area (Å²) in [4.78, 5) is 24.0. The van der Waals surface area contributed by atoms with Gasteiger partial charge < -0.3 is 13.9 Å². The smallest absolute Gasteiger partial charge is 0.343 e. The maximum atomic E-state index is 12.2. The van der Waals surface area contributed by atoms with E-state index in [0.29, 0.717) is 40.0 Å². The summed E-state index contributed by atoms with van der Waals surface area (Å²) in [6.07, 6.45) is 3.30. The molecule has 5 nitrogen and oxygen atoms in total. The average Bonchev–Trinajstić information content (AvgIpc) is 3.36. The van der Waals surface area contributed by atoms with Gasteiger partial charge in [-0.2, -0.15) is 0 Å². The minimum atomic E-state index is -0.448. The van der Waals surface area contributed by atoms with E-state index in [-0.39, 0.29) is 5.97 Å². The number of hydrogen-bond acceptors (Lipinski definition) is 5. The monoisotopic (exact) mass is 420 g/mol. The molecule has 3 aromatic rings. The van der Waals surface area contributed by atoms with Crippen LogP contribution in [0.4, 0.5) is 0 Å². The van der Waals surface area contributed by atoms with Crippen molar-refractivity contribution < 1.29 is 23.5 Å². The zero-order valence-corrected chi connectivity index (χ0v) is 16.8. The topological polar surface area (TPSA) is 65.7 Å². The third-order valence-corrected chi connectivity index (χ3v) is 4.71. The fourth-order valence-electron chi connectivity index (χ4n) is 2.97. The van der Waals surface area contributed by atoms with Crippen LogP contribution in [0.25, 0.3) is 23.2 Å². The molecule has 4 rings (SSSR count). The van der Waals surface area contributed by atoms with E-state index in [1.807, 2.05) is 0 Å². The number of furan rings is 1. The second-order valence-electron chi connectivity index (χ2n) is 6.50. The molecule has 150 valence electrons. The molecule has 1 aromatic heterocycles. The number of rotatable bonds is 5. The Balaban J connectivity index is 1.54. The lowest BCUT2D eigenvalue weighted by atomic mass is 10.1. The maximum Gasteiger partial charge on any atom is 0.343 e. The van der Waals surface area contributed by atoms with Crippen LogP contribution in [0.2, 0.25) is 5.02 Å². The van der Waals surface area contributed by atoms with Crippen LogP contribution >= 0.6 is 11.6 Å². The normalized spacial score (nSPS) is 14.5. The predicted octanol–water partition coefficient (Wildman–Crippen LogP) is 5.76. The first kappa shape index (κ1) is 19.7. The van der Waals surface area contributed by atoms with Crippen molar-refractivity contribution in [2.45, 2.75) is 6.92 Å². The largest absolute Gasteiger partial charge is 0.462 e. The molecule has 0 atom stereocenters. The highest BCUT2D eigenvalue weighted by Gasteiger charge is 2.22. The van der Waals surface area contributed by atoms with Crippen molar-refractivity contribution in [2.75, 3.05) is 6.61 Å². The molecule has 0 spiro atoms. The number of benzene rings is 2. The lowest BCUT2D eigenvalue weighted by molar-refractivity contribution is -0.130. The standard InChI is InChI=1S/C24H17ClO5/c1-2-28-23(26)17-5-3-15(4-6-17)21-12-11-20(29-21)13-18-14-22(30-24(18)27)16-7-9-19(25)10-8-16/h3-14H,2H2,1H3/b18-13+. The SMILES string of the molecule is CCOC(=O)c1ccc(-c2ccc(/C=C3\C=C(c4ccc(Cl)cc4)OC3=O)o2)cc1. The first-order valence-electron chi connectivity index (χ1n) is 9.32. The summed E-state index contributed by atoms with van der Waals surface area (Å²) in [6, 6.07) is 17.5. The van der Waals surface area contributed by atoms with Crippen LogP contribution in [-0.4, -0.2) is 18.5 Å². The van der Waals surface area contributed by atoms with E-state index in [4.69, 9.17) is 25.5 Å². The number of carbonyl (C=O) groups is 2. The van der Waals surface area contributed by atoms with Gasteiger partial charge in [0.1, 0.15) is 17.3 Å². The molecule has 30 heavy (non-hydrogen) atoms. The fourth-order valence-corrected chi connectivity index (χ4v) is 3.10. The van der Waals surface area contributed by atoms with Gasteiger partial charge in [0, 0.05) is 16.1 Å². The molecule has 0 saturated heterocycles. The second-order valence-corrected chi connectivity index (χ2v) is 6.94. The van der Waals surface area contributed by atoms with Gasteiger partial charge in [-0.1, -0.05) is 23.7 Å². The van der Waals surface area contributed by atoms with Crippen LogP contribution in [-0.2, 0) is 14.3 Å². The molecular weight excluding hydrogens is 404 g/mol. The number of halogens is 1. The van der Waals surface area contributed by atoms with Crippen LogP contribution in [0, 0.1) is 0 Å². The van der Waals surface area contributed by atoms with Crippen molar-refractivity contribution >= 4 is 35.4 Å². The minimum Gasteiger partial charge on any atom is -0.462 e. The van der Waals surface area contributed by atoms with E-state index in [2.05, 4.69) is 0 Å². The van der Waals surface area contributed by atoms with Crippen molar-refractivity contribution in [3.8, 4) is 11.3 Å². The minimum absolute atomic E-state index is 0.327. The number of cyclic esters (lactones) is 1. The van der Waals surface area contributed by atoms with Gasteiger partial charge in [0.2, 0.25) is 0 Å². The summed E-state index contributed by atoms with van der Waals surface area (Å²) in [5.41, 5.74) is 2.43. The molecule has 0 unspecified atom stereocenters. The molecule has 0 N–H and O–H groups in total. The molecule has 0 aliphatic carbocycles. The van der Waals surface area contributed by atoms with Gasteiger partial charge in [0.05, 0.1) is 17.7 Å². The molecule has 0 fully saturated rings. The summed E-state index contributed by atoms with van der Waals surface area (Å²) < 4.78 is 16.2. The number of carbonyl (C=O) groups excluding carboxylic acids is 2. The quantitative estimate of drug-likeness (QED) is 0.388. The van der Waals surface area contributed by atoms with Crippen LogP contribution < -0.4 is 0 Å². The van der Waals surface area contributed by atoms with Crippen LogP contribution in [0.1, 0.15) is 28.6 Å². The predicted molar refractivity (Wildman–Crippen MR) is 114 cm³/mol. The average molecular weight is 421 g/mol. The van der Waals surface area contributed by atoms with Crippen molar-refractivity contribution in [2.24, 2.45) is 0 Å². The molecule has 2 heterocycles. The third-order valence-electron chi connectivity index (χ3n) is 4.46. The molecule has 0 saturated carbocycles. The maximum absolute atomic E-state index is 12.2. The van der Waals surface area contributed by atoms with E-state index in [9.17, 15) is 9.59 Å². The molecule has 6 heteroatoms. The molecule has 0 bridgehead atoms. The van der Waals surface area contributed by atoms with Gasteiger partial charge in [-0.05, 0) is 67.6 Å². The number of ether oxygens (including phenoxy) is 2. The summed E-state index contributed by atoms with van der Waals surface area (Å²) in [5.74, 6) is 0.781. The Morgan fingerprint density at radius 1 is 1.00 bits per heavy atom. The Kier molecular flexibility index (Phi) is 5.55. The first-order chi connectivity index (χ1) is 14.5. The van der Waals surface area contributed by atoms with E-state index < -0.39 is 5.97 Å². The lowest BCUT2D eigenvalue weighted by Gasteiger charge is -2.02. The molecular formula is C24H17ClO5. The Morgan fingerprint density at radius 3 is 2.40 bits per heavy atom. The zero-order chi connectivity index (χ0) is 21.1. The molecule has 1 aliphatic rings. The fraction of sp³-hybridized carbons (Fsp3) is 0.0833. The summed E-state index contributed by atoms with van der Waals surface area (Å²) in [7, 11) is 0. The summed E-state index contributed by atoms with van der Waals surface area (Å²) in [6.45, 7) is 2.09. The Bertz CT molecular complexity index is 1150. The Labute approximate surface area is 178 Å². The van der Waals surface area contributed by atoms with Gasteiger partial charge in [0.15, 0.2) is 0 Å². The number of hydrogen-bond donors (Lipinski definition) is 0. The molecule has 0 radical (unpaired) electrons. The highest BCUT2D eigenvalue weighted by molar-refractivity contribution is 6.30. The lowest BCUT2D eigenvalue weighted by Crippen LogP contribution is -2.03. The summed E-state index contributed by atoms with van der Waals surface area (Å²) >= 11 is 5.90. The second kappa shape index (κ2) is 8.43. The Morgan fingerprint density at radius 2 is 1.70 bits per heavy atom. The Hall–Kier alpha value is -3.57. The summed E-state index contributed by atoms with van der Waals surface area (Å²) in [5, 5.41) is 0.609. The van der Waals surface area contributed by atoms with Crippen molar-refractivity contribution in [3.05, 3.63) is 94.2 Å². The van der Waals surface area contributed by atoms with Crippen molar-refractivity contribution in [1.29, 1.82) is 0 Å². The van der Waals surface area contributed by atoms with Gasteiger partial charge in [0.25, 0.3) is 0 Å². The van der Waals surface area contributed by atoms with Crippen LogP contribution in [0.5, 0.6) is 0 Å². The van der Waals surface area contributed by atoms with E-state index in [1.54, 1.807) is 79.7 Å². The van der Waals surface area contributed by atoms with Crippen LogP contribution in [0.15, 0.2) is 76.7 Å². The zero-order valence-electron chi connectivity index (χ0n) is 16.1. The first-order valence-corrected chi connectivity index (χ1v) is 9.70. The van der Waals surface area contributed by atoms with E-state index in [0.717, 1.165) is 11.1 Å². The van der Waals surface area contributed by atoms with Crippen LogP contribution in [0.3, 0.4) is 0 Å². The van der Waals surface area contributed by atoms with Crippen molar-refractivity contribution in [1.82, 2.24) is 0 Å². The van der Waals surface area contributed by atoms with E-state index in [1.165, 1.54) is 0 Å². The highest BCUT2D eigenvalue weighted by atomic mass is 35.5. The van der Waals surface area contributed by atoms with Gasteiger partial charge in [-0.15, -0.1) is 0 Å². The van der Waals surface area contributed by atoms with Crippen molar-refractivity contribution in [3.63, 3.8) is 0 Å². The molecule has 2 aromatic carbocycles. The van der Waals surface area contributed by atoms with Gasteiger partial charge in [-0.3, -0.25) is 0 Å². The number of esters is 2. The molecule has 1 aliphatic heterocycles. The third kappa shape index (κ3) is 4.21. The van der Waals surface area contributed by atoms with Gasteiger partial charge in [-0.25, -0.2) is 9.59 Å². The van der Waals surface area contributed by atoms with E-state index >= 15 is 0 Å². The highest BCUT2D eigenvalue weighted by Crippen LogP contribution is 2.30. The molecule has 0 amide bonds.